The lowest BCUT2D eigenvalue weighted by Gasteiger charge is -2.22. The van der Waals surface area contributed by atoms with Gasteiger partial charge in [-0.15, -0.1) is 0 Å². The Bertz CT molecular complexity index is 1730. The smallest absolute Gasteiger partial charge is 0.127 e. The second-order valence-corrected chi connectivity index (χ2v) is 11.1. The molecule has 0 heterocycles. The van der Waals surface area contributed by atoms with E-state index in [4.69, 9.17) is 4.74 Å². The Morgan fingerprint density at radius 1 is 0.432 bits per heavy atom. The molecule has 7 aromatic rings. The Morgan fingerprint density at radius 3 is 1.38 bits per heavy atom. The highest BCUT2D eigenvalue weighted by Gasteiger charge is 2.21. The Morgan fingerprint density at radius 2 is 0.838 bits per heavy atom. The summed E-state index contributed by atoms with van der Waals surface area (Å²) in [6, 6.07) is 25.2. The third kappa shape index (κ3) is 3.74. The fourth-order valence-electron chi connectivity index (χ4n) is 6.85. The van der Waals surface area contributed by atoms with Crippen LogP contribution in [0, 0.1) is 0 Å². The van der Waals surface area contributed by atoms with E-state index in [0.717, 1.165) is 18.8 Å². The van der Waals surface area contributed by atoms with Gasteiger partial charge in [0.25, 0.3) is 0 Å². The van der Waals surface area contributed by atoms with Crippen molar-refractivity contribution in [2.75, 3.05) is 6.61 Å². The molecule has 0 N–H and O–H groups in total. The number of benzene rings is 7. The molecule has 0 saturated heterocycles. The normalized spacial score (nSPS) is 12.6. The summed E-state index contributed by atoms with van der Waals surface area (Å²) in [7, 11) is 0. The Balaban J connectivity index is 1.19. The van der Waals surface area contributed by atoms with Gasteiger partial charge in [0.05, 0.1) is 6.61 Å². The second-order valence-electron chi connectivity index (χ2n) is 11.1. The molecule has 0 aromatic heterocycles. The zero-order valence-corrected chi connectivity index (χ0v) is 22.0. The molecule has 0 atom stereocenters. The minimum Gasteiger partial charge on any atom is -0.493 e. The van der Waals surface area contributed by atoms with Crippen molar-refractivity contribution in [2.24, 2.45) is 0 Å². The molecule has 7 aromatic carbocycles. The maximum absolute atomic E-state index is 6.53. The lowest BCUT2D eigenvalue weighted by Crippen LogP contribution is -1.99. The maximum atomic E-state index is 6.53. The molecule has 0 aliphatic rings. The number of hydrogen-bond donors (Lipinski definition) is 0. The van der Waals surface area contributed by atoms with Crippen molar-refractivity contribution >= 4 is 64.6 Å². The average Bonchev–Trinajstić information content (AvgIpc) is 2.94. The number of hydrogen-bond acceptors (Lipinski definition) is 1. The van der Waals surface area contributed by atoms with E-state index in [0.29, 0.717) is 0 Å². The van der Waals surface area contributed by atoms with Crippen molar-refractivity contribution in [3.05, 3.63) is 66.7 Å². The Hall–Kier alpha value is -3.32. The van der Waals surface area contributed by atoms with Crippen molar-refractivity contribution in [3.63, 3.8) is 0 Å². The zero-order chi connectivity index (χ0) is 24.8. The Labute approximate surface area is 219 Å². The zero-order valence-electron chi connectivity index (χ0n) is 22.0. The summed E-state index contributed by atoms with van der Waals surface area (Å²) in [6.45, 7) is 3.09. The van der Waals surface area contributed by atoms with Gasteiger partial charge in [0.2, 0.25) is 0 Å². The van der Waals surface area contributed by atoms with Crippen molar-refractivity contribution in [1.29, 1.82) is 0 Å². The van der Waals surface area contributed by atoms with E-state index in [2.05, 4.69) is 73.7 Å². The largest absolute Gasteiger partial charge is 0.493 e. The lowest BCUT2D eigenvalue weighted by molar-refractivity contribution is 0.308. The molecule has 0 radical (unpaired) electrons. The maximum Gasteiger partial charge on any atom is 0.127 e. The van der Waals surface area contributed by atoms with Crippen LogP contribution in [0.4, 0.5) is 0 Å². The predicted molar refractivity (Wildman–Crippen MR) is 162 cm³/mol. The van der Waals surface area contributed by atoms with Crippen molar-refractivity contribution in [3.8, 4) is 5.75 Å². The van der Waals surface area contributed by atoms with Crippen molar-refractivity contribution in [1.82, 2.24) is 0 Å². The van der Waals surface area contributed by atoms with Crippen molar-refractivity contribution < 1.29 is 4.74 Å². The molecule has 0 unspecified atom stereocenters. The summed E-state index contributed by atoms with van der Waals surface area (Å²) in [5.74, 6) is 1.04. The molecule has 7 rings (SSSR count). The van der Waals surface area contributed by atoms with Gasteiger partial charge in [0, 0.05) is 10.8 Å². The van der Waals surface area contributed by atoms with Gasteiger partial charge in [-0.25, -0.2) is 0 Å². The van der Waals surface area contributed by atoms with Gasteiger partial charge >= 0.3 is 0 Å². The molecule has 0 aliphatic heterocycles. The van der Waals surface area contributed by atoms with E-state index in [1.165, 1.54) is 122 Å². The van der Waals surface area contributed by atoms with Gasteiger partial charge in [-0.3, -0.25) is 0 Å². The van der Waals surface area contributed by atoms with Crippen LogP contribution in [0.15, 0.2) is 66.7 Å². The van der Waals surface area contributed by atoms with Crippen LogP contribution in [0.2, 0.25) is 0 Å². The van der Waals surface area contributed by atoms with Crippen molar-refractivity contribution in [2.45, 2.75) is 71.1 Å². The van der Waals surface area contributed by atoms with Crippen LogP contribution in [0.25, 0.3) is 64.6 Å². The second kappa shape index (κ2) is 9.53. The summed E-state index contributed by atoms with van der Waals surface area (Å²) >= 11 is 0. The van der Waals surface area contributed by atoms with Crippen LogP contribution in [-0.4, -0.2) is 6.61 Å². The minimum absolute atomic E-state index is 0.799. The Kier molecular flexibility index (Phi) is 5.88. The molecule has 0 aliphatic carbocycles. The molecular weight excluding hydrogens is 448 g/mol. The van der Waals surface area contributed by atoms with Crippen LogP contribution >= 0.6 is 0 Å². The molecule has 1 heteroatoms. The van der Waals surface area contributed by atoms with E-state index in [-0.39, 0.29) is 0 Å². The van der Waals surface area contributed by atoms with E-state index < -0.39 is 0 Å². The molecule has 0 amide bonds. The summed E-state index contributed by atoms with van der Waals surface area (Å²) < 4.78 is 6.53. The summed E-state index contributed by atoms with van der Waals surface area (Å²) in [4.78, 5) is 0. The summed E-state index contributed by atoms with van der Waals surface area (Å²) in [6.07, 6.45) is 13.5. The third-order valence-corrected chi connectivity index (χ3v) is 8.72. The first-order chi connectivity index (χ1) is 18.3. The van der Waals surface area contributed by atoms with Gasteiger partial charge in [0.1, 0.15) is 5.75 Å². The van der Waals surface area contributed by atoms with Crippen LogP contribution in [0.1, 0.15) is 71.1 Å². The fourth-order valence-corrected chi connectivity index (χ4v) is 6.85. The topological polar surface area (TPSA) is 9.23 Å². The number of ether oxygens (including phenoxy) is 1. The fraction of sp³-hybridized carbons (Fsp3) is 0.333. The average molecular weight is 485 g/mol. The van der Waals surface area contributed by atoms with Gasteiger partial charge in [0.15, 0.2) is 0 Å². The molecule has 0 bridgehead atoms. The number of rotatable bonds is 12. The van der Waals surface area contributed by atoms with Crippen LogP contribution in [-0.2, 0) is 0 Å². The molecule has 0 fully saturated rings. The van der Waals surface area contributed by atoms with E-state index >= 15 is 0 Å². The van der Waals surface area contributed by atoms with E-state index in [1.807, 2.05) is 0 Å². The molecule has 37 heavy (non-hydrogen) atoms. The highest BCUT2D eigenvalue weighted by Crippen LogP contribution is 2.50. The van der Waals surface area contributed by atoms with Gasteiger partial charge < -0.3 is 4.74 Å². The standard InChI is InChI=1S/C36H36O/c1-2-3-4-5-6-7-8-9-10-11-22-37-30-23-28-19-18-26-15-13-24-12-14-25-16-17-27-20-21-29(30)36-34(27)32(25)31(24)33(26)35(28)36/h12-21,23H,2-11,22H2,1H3. The van der Waals surface area contributed by atoms with E-state index in [1.54, 1.807) is 0 Å². The molecule has 1 nitrogen and oxygen atoms in total. The highest BCUT2D eigenvalue weighted by atomic mass is 16.5. The minimum atomic E-state index is 0.799. The van der Waals surface area contributed by atoms with Crippen LogP contribution in [0.5, 0.6) is 5.75 Å². The van der Waals surface area contributed by atoms with Gasteiger partial charge in [-0.1, -0.05) is 119 Å². The molecule has 0 saturated carbocycles. The molecule has 186 valence electrons. The quantitative estimate of drug-likeness (QED) is 0.0951. The first-order valence-corrected chi connectivity index (χ1v) is 14.6. The number of unbranched alkanes of at least 4 members (excludes halogenated alkanes) is 9. The highest BCUT2D eigenvalue weighted by molar-refractivity contribution is 6.44. The van der Waals surface area contributed by atoms with Crippen LogP contribution in [0.3, 0.4) is 0 Å². The first kappa shape index (κ1) is 22.8. The summed E-state index contributed by atoms with van der Waals surface area (Å²) in [5, 5.41) is 16.3. The predicted octanol–water partition coefficient (Wildman–Crippen LogP) is 11.2. The van der Waals surface area contributed by atoms with Gasteiger partial charge in [-0.2, -0.15) is 0 Å². The molecular formula is C36H36O. The SMILES string of the molecule is CCCCCCCCCCCCOc1cc2ccc3ccc4ccc5ccc6ccc1c1c6c5c4c3c21. The van der Waals surface area contributed by atoms with Crippen LogP contribution < -0.4 is 4.74 Å². The third-order valence-electron chi connectivity index (χ3n) is 8.72. The summed E-state index contributed by atoms with van der Waals surface area (Å²) in [5.41, 5.74) is 0. The van der Waals surface area contributed by atoms with Gasteiger partial charge in [-0.05, 0) is 72.4 Å². The van der Waals surface area contributed by atoms with E-state index in [9.17, 15) is 0 Å². The monoisotopic (exact) mass is 484 g/mol. The lowest BCUT2D eigenvalue weighted by atomic mass is 9.83. The first-order valence-electron chi connectivity index (χ1n) is 14.6. The molecule has 0 spiro atoms.